The van der Waals surface area contributed by atoms with E-state index in [2.05, 4.69) is 5.10 Å². The Morgan fingerprint density at radius 1 is 1.23 bits per heavy atom. The molecule has 1 unspecified atom stereocenters. The predicted octanol–water partition coefficient (Wildman–Crippen LogP) is 1.37. The molecule has 0 radical (unpaired) electrons. The standard InChI is InChI=1S/C18H18N4O4/c1-12-15(9-19-22(12)13-5-3-2-4-6-13)17(24)20-8-7-14(10-20)21-16(23)11-26-18(21)25/h2-6,9,14H,7-8,10-11H2,1H3. The van der Waals surface area contributed by atoms with Gasteiger partial charge in [0.25, 0.3) is 11.8 Å². The minimum absolute atomic E-state index is 0.146. The Balaban J connectivity index is 1.52. The zero-order chi connectivity index (χ0) is 18.3. The number of likely N-dealkylation sites (tertiary alicyclic amines) is 1. The number of hydrogen-bond donors (Lipinski definition) is 0. The summed E-state index contributed by atoms with van der Waals surface area (Å²) in [4.78, 5) is 39.2. The van der Waals surface area contributed by atoms with Gasteiger partial charge in [-0.3, -0.25) is 9.59 Å². The third kappa shape index (κ3) is 2.63. The van der Waals surface area contributed by atoms with Gasteiger partial charge in [0.2, 0.25) is 0 Å². The molecule has 134 valence electrons. The number of benzene rings is 1. The van der Waals surface area contributed by atoms with Gasteiger partial charge < -0.3 is 9.64 Å². The van der Waals surface area contributed by atoms with Gasteiger partial charge in [0.15, 0.2) is 6.61 Å². The molecule has 3 amide bonds. The Hall–Kier alpha value is -3.16. The van der Waals surface area contributed by atoms with Crippen molar-refractivity contribution in [3.05, 3.63) is 47.8 Å². The van der Waals surface area contributed by atoms with Crippen LogP contribution in [0.2, 0.25) is 0 Å². The molecule has 3 heterocycles. The number of aromatic nitrogens is 2. The van der Waals surface area contributed by atoms with Crippen LogP contribution in [-0.4, -0.2) is 63.2 Å². The number of cyclic esters (lactones) is 1. The van der Waals surface area contributed by atoms with Crippen LogP contribution < -0.4 is 0 Å². The molecule has 0 N–H and O–H groups in total. The van der Waals surface area contributed by atoms with E-state index in [1.807, 2.05) is 37.3 Å². The van der Waals surface area contributed by atoms with Crippen LogP contribution in [0.4, 0.5) is 4.79 Å². The van der Waals surface area contributed by atoms with E-state index in [1.54, 1.807) is 15.8 Å². The number of amides is 3. The first-order chi connectivity index (χ1) is 12.6. The maximum absolute atomic E-state index is 12.9. The molecule has 1 aromatic carbocycles. The van der Waals surface area contributed by atoms with E-state index in [1.165, 1.54) is 0 Å². The molecular weight excluding hydrogens is 336 g/mol. The third-order valence-electron chi connectivity index (χ3n) is 4.84. The van der Waals surface area contributed by atoms with Crippen LogP contribution in [-0.2, 0) is 9.53 Å². The van der Waals surface area contributed by atoms with E-state index in [0.29, 0.717) is 25.1 Å². The summed E-state index contributed by atoms with van der Waals surface area (Å²) in [7, 11) is 0. The smallest absolute Gasteiger partial charge is 0.417 e. The van der Waals surface area contributed by atoms with Crippen molar-refractivity contribution in [3.8, 4) is 5.69 Å². The molecule has 2 aromatic rings. The fraction of sp³-hybridized carbons (Fsp3) is 0.333. The topological polar surface area (TPSA) is 84.7 Å². The number of para-hydroxylation sites is 1. The first-order valence-corrected chi connectivity index (χ1v) is 8.44. The second-order valence-corrected chi connectivity index (χ2v) is 6.40. The van der Waals surface area contributed by atoms with Crippen LogP contribution in [0.1, 0.15) is 22.5 Å². The van der Waals surface area contributed by atoms with Gasteiger partial charge in [0.05, 0.1) is 29.2 Å². The van der Waals surface area contributed by atoms with Crippen molar-refractivity contribution < 1.29 is 19.1 Å². The fourth-order valence-corrected chi connectivity index (χ4v) is 3.47. The van der Waals surface area contributed by atoms with Crippen LogP contribution >= 0.6 is 0 Å². The lowest BCUT2D eigenvalue weighted by molar-refractivity contribution is -0.127. The first-order valence-electron chi connectivity index (χ1n) is 8.44. The quantitative estimate of drug-likeness (QED) is 0.831. The number of carbonyl (C=O) groups excluding carboxylic acids is 3. The normalized spacial score (nSPS) is 20.0. The van der Waals surface area contributed by atoms with Crippen molar-refractivity contribution in [2.75, 3.05) is 19.7 Å². The van der Waals surface area contributed by atoms with Gasteiger partial charge in [-0.05, 0) is 25.5 Å². The number of nitrogens with zero attached hydrogens (tertiary/aromatic N) is 4. The molecule has 2 aliphatic rings. The number of carbonyl (C=O) groups is 3. The van der Waals surface area contributed by atoms with Gasteiger partial charge in [-0.1, -0.05) is 18.2 Å². The van der Waals surface area contributed by atoms with Crippen molar-refractivity contribution in [2.24, 2.45) is 0 Å². The molecular formula is C18H18N4O4. The lowest BCUT2D eigenvalue weighted by Gasteiger charge is -2.20. The van der Waals surface area contributed by atoms with Crippen molar-refractivity contribution >= 4 is 17.9 Å². The van der Waals surface area contributed by atoms with Crippen LogP contribution in [0.15, 0.2) is 36.5 Å². The van der Waals surface area contributed by atoms with Gasteiger partial charge >= 0.3 is 6.09 Å². The summed E-state index contributed by atoms with van der Waals surface area (Å²) < 4.78 is 6.49. The van der Waals surface area contributed by atoms with E-state index in [0.717, 1.165) is 16.3 Å². The lowest BCUT2D eigenvalue weighted by atomic mass is 10.2. The van der Waals surface area contributed by atoms with E-state index in [9.17, 15) is 14.4 Å². The Morgan fingerprint density at radius 2 is 2.00 bits per heavy atom. The molecule has 2 aliphatic heterocycles. The van der Waals surface area contributed by atoms with Gasteiger partial charge in [0, 0.05) is 13.1 Å². The van der Waals surface area contributed by atoms with Crippen molar-refractivity contribution in [1.29, 1.82) is 0 Å². The van der Waals surface area contributed by atoms with Crippen LogP contribution in [0, 0.1) is 6.92 Å². The molecule has 26 heavy (non-hydrogen) atoms. The number of imide groups is 1. The highest BCUT2D eigenvalue weighted by molar-refractivity contribution is 5.99. The van der Waals surface area contributed by atoms with Gasteiger partial charge in [-0.15, -0.1) is 0 Å². The Bertz CT molecular complexity index is 861. The summed E-state index contributed by atoms with van der Waals surface area (Å²) in [5, 5.41) is 4.33. The first kappa shape index (κ1) is 16.3. The summed E-state index contributed by atoms with van der Waals surface area (Å²) in [5.74, 6) is -0.491. The zero-order valence-corrected chi connectivity index (χ0v) is 14.3. The third-order valence-corrected chi connectivity index (χ3v) is 4.84. The highest BCUT2D eigenvalue weighted by atomic mass is 16.6. The summed E-state index contributed by atoms with van der Waals surface area (Å²) in [5.41, 5.74) is 2.15. The highest BCUT2D eigenvalue weighted by Crippen LogP contribution is 2.23. The lowest BCUT2D eigenvalue weighted by Crippen LogP contribution is -2.42. The van der Waals surface area contributed by atoms with Crippen molar-refractivity contribution in [1.82, 2.24) is 19.6 Å². The average Bonchev–Trinajstić information content (AvgIpc) is 3.35. The maximum Gasteiger partial charge on any atom is 0.417 e. The SMILES string of the molecule is Cc1c(C(=O)N2CCC(N3C(=O)COC3=O)C2)cnn1-c1ccccc1. The van der Waals surface area contributed by atoms with Crippen LogP contribution in [0.5, 0.6) is 0 Å². The summed E-state index contributed by atoms with van der Waals surface area (Å²) in [6, 6.07) is 9.26. The minimum Gasteiger partial charge on any atom is -0.439 e. The average molecular weight is 354 g/mol. The van der Waals surface area contributed by atoms with E-state index in [4.69, 9.17) is 4.74 Å². The molecule has 2 fully saturated rings. The summed E-state index contributed by atoms with van der Waals surface area (Å²) in [6.07, 6.45) is 1.49. The Morgan fingerprint density at radius 3 is 2.69 bits per heavy atom. The highest BCUT2D eigenvalue weighted by Gasteiger charge is 2.41. The Labute approximate surface area is 149 Å². The van der Waals surface area contributed by atoms with E-state index < -0.39 is 6.09 Å². The molecule has 8 nitrogen and oxygen atoms in total. The fourth-order valence-electron chi connectivity index (χ4n) is 3.47. The number of hydrogen-bond acceptors (Lipinski definition) is 5. The second kappa shape index (κ2) is 6.29. The molecule has 1 atom stereocenters. The molecule has 4 rings (SSSR count). The minimum atomic E-state index is -0.623. The Kier molecular flexibility index (Phi) is 3.95. The van der Waals surface area contributed by atoms with E-state index in [-0.39, 0.29) is 24.5 Å². The van der Waals surface area contributed by atoms with Crippen molar-refractivity contribution in [2.45, 2.75) is 19.4 Å². The largest absolute Gasteiger partial charge is 0.439 e. The summed E-state index contributed by atoms with van der Waals surface area (Å²) >= 11 is 0. The maximum atomic E-state index is 12.9. The van der Waals surface area contributed by atoms with Crippen molar-refractivity contribution in [3.63, 3.8) is 0 Å². The molecule has 0 spiro atoms. The summed E-state index contributed by atoms with van der Waals surface area (Å²) in [6.45, 7) is 2.43. The molecule has 2 saturated heterocycles. The number of rotatable bonds is 3. The number of ether oxygens (including phenoxy) is 1. The molecule has 8 heteroatoms. The zero-order valence-electron chi connectivity index (χ0n) is 14.3. The molecule has 0 saturated carbocycles. The monoisotopic (exact) mass is 354 g/mol. The second-order valence-electron chi connectivity index (χ2n) is 6.40. The van der Waals surface area contributed by atoms with E-state index >= 15 is 0 Å². The van der Waals surface area contributed by atoms with Gasteiger partial charge in [0.1, 0.15) is 0 Å². The predicted molar refractivity (Wildman–Crippen MR) is 90.8 cm³/mol. The van der Waals surface area contributed by atoms with Gasteiger partial charge in [-0.25, -0.2) is 14.4 Å². The van der Waals surface area contributed by atoms with Crippen LogP contribution in [0.25, 0.3) is 5.69 Å². The molecule has 1 aromatic heterocycles. The molecule has 0 bridgehead atoms. The van der Waals surface area contributed by atoms with Gasteiger partial charge in [-0.2, -0.15) is 5.10 Å². The van der Waals surface area contributed by atoms with Crippen LogP contribution in [0.3, 0.4) is 0 Å². The molecule has 0 aliphatic carbocycles.